The van der Waals surface area contributed by atoms with Crippen molar-refractivity contribution in [3.8, 4) is 0 Å². The van der Waals surface area contributed by atoms with E-state index in [2.05, 4.69) is 20.9 Å². The highest BCUT2D eigenvalue weighted by Crippen LogP contribution is 2.24. The van der Waals surface area contributed by atoms with Gasteiger partial charge in [-0.1, -0.05) is 6.07 Å². The van der Waals surface area contributed by atoms with Crippen LogP contribution in [0.2, 0.25) is 0 Å². The lowest BCUT2D eigenvalue weighted by Crippen LogP contribution is -2.02. The molecule has 0 radical (unpaired) electrons. The minimum Gasteiger partial charge on any atom is -0.439 e. The Bertz CT molecular complexity index is 424. The molecule has 0 fully saturated rings. The van der Waals surface area contributed by atoms with E-state index in [4.69, 9.17) is 10.2 Å². The normalized spacial score (nSPS) is 10.9. The molecule has 0 atom stereocenters. The van der Waals surface area contributed by atoms with Crippen molar-refractivity contribution in [2.75, 3.05) is 6.54 Å². The van der Waals surface area contributed by atoms with Crippen molar-refractivity contribution in [1.82, 2.24) is 4.98 Å². The number of halogens is 1. The van der Waals surface area contributed by atoms with Crippen molar-refractivity contribution < 1.29 is 4.42 Å². The van der Waals surface area contributed by atoms with E-state index in [1.807, 2.05) is 18.2 Å². The summed E-state index contributed by atoms with van der Waals surface area (Å²) in [6.07, 6.45) is 0.682. The van der Waals surface area contributed by atoms with E-state index >= 15 is 0 Å². The van der Waals surface area contributed by atoms with E-state index in [9.17, 15) is 0 Å². The van der Waals surface area contributed by atoms with Gasteiger partial charge in [-0.2, -0.15) is 0 Å². The summed E-state index contributed by atoms with van der Waals surface area (Å²) >= 11 is 3.40. The molecule has 13 heavy (non-hydrogen) atoms. The molecule has 0 spiro atoms. The monoisotopic (exact) mass is 240 g/mol. The summed E-state index contributed by atoms with van der Waals surface area (Å²) in [7, 11) is 0. The summed E-state index contributed by atoms with van der Waals surface area (Å²) in [5.41, 5.74) is 7.08. The molecule has 0 unspecified atom stereocenters. The lowest BCUT2D eigenvalue weighted by Gasteiger charge is -1.88. The van der Waals surface area contributed by atoms with Gasteiger partial charge in [-0.05, 0) is 28.1 Å². The van der Waals surface area contributed by atoms with Crippen LogP contribution in [0.25, 0.3) is 11.1 Å². The second-order valence-electron chi connectivity index (χ2n) is 2.73. The van der Waals surface area contributed by atoms with Gasteiger partial charge in [0.2, 0.25) is 0 Å². The zero-order valence-electron chi connectivity index (χ0n) is 6.96. The molecule has 2 N–H and O–H groups in total. The third kappa shape index (κ3) is 1.59. The van der Waals surface area contributed by atoms with Crippen molar-refractivity contribution >= 4 is 27.0 Å². The van der Waals surface area contributed by atoms with Crippen molar-refractivity contribution in [3.05, 3.63) is 28.6 Å². The first-order valence-electron chi connectivity index (χ1n) is 4.05. The molecule has 3 nitrogen and oxygen atoms in total. The highest BCUT2D eigenvalue weighted by Gasteiger charge is 2.06. The van der Waals surface area contributed by atoms with Crippen LogP contribution in [0, 0.1) is 0 Å². The summed E-state index contributed by atoms with van der Waals surface area (Å²) in [6, 6.07) is 5.78. The van der Waals surface area contributed by atoms with Crippen LogP contribution in [0.1, 0.15) is 5.89 Å². The van der Waals surface area contributed by atoms with E-state index in [0.717, 1.165) is 15.6 Å². The molecule has 1 aromatic heterocycles. The summed E-state index contributed by atoms with van der Waals surface area (Å²) < 4.78 is 6.43. The van der Waals surface area contributed by atoms with Crippen LogP contribution in [-0.2, 0) is 6.42 Å². The average Bonchev–Trinajstić information content (AvgIpc) is 2.49. The molecular formula is C9H9BrN2O. The lowest BCUT2D eigenvalue weighted by atomic mass is 10.3. The molecule has 0 saturated heterocycles. The Labute approximate surface area is 84.1 Å². The van der Waals surface area contributed by atoms with E-state index in [0.29, 0.717) is 18.9 Å². The number of rotatable bonds is 2. The van der Waals surface area contributed by atoms with E-state index in [1.54, 1.807) is 0 Å². The van der Waals surface area contributed by atoms with Crippen LogP contribution in [0.3, 0.4) is 0 Å². The summed E-state index contributed by atoms with van der Waals surface area (Å²) in [4.78, 5) is 4.29. The van der Waals surface area contributed by atoms with Crippen LogP contribution in [0.15, 0.2) is 27.1 Å². The molecular weight excluding hydrogens is 232 g/mol. The molecule has 0 amide bonds. The molecule has 2 aromatic rings. The quantitative estimate of drug-likeness (QED) is 0.875. The minimum absolute atomic E-state index is 0.560. The van der Waals surface area contributed by atoms with Gasteiger partial charge in [0.25, 0.3) is 0 Å². The standard InChI is InChI=1S/C9H9BrN2O/c10-6-2-1-3-7-9(6)13-8(12-7)4-5-11/h1-3H,4-5,11H2. The summed E-state index contributed by atoms with van der Waals surface area (Å²) in [5, 5.41) is 0. The van der Waals surface area contributed by atoms with Gasteiger partial charge in [0.05, 0.1) is 4.47 Å². The van der Waals surface area contributed by atoms with Gasteiger partial charge in [0.1, 0.15) is 5.52 Å². The first-order chi connectivity index (χ1) is 6.31. The topological polar surface area (TPSA) is 52.0 Å². The molecule has 1 aromatic carbocycles. The molecule has 0 aliphatic heterocycles. The fourth-order valence-electron chi connectivity index (χ4n) is 1.19. The Kier molecular flexibility index (Phi) is 2.33. The van der Waals surface area contributed by atoms with Crippen molar-refractivity contribution in [2.45, 2.75) is 6.42 Å². The summed E-state index contributed by atoms with van der Waals surface area (Å²) in [6.45, 7) is 0.560. The molecule has 0 saturated carbocycles. The Hall–Kier alpha value is -0.870. The largest absolute Gasteiger partial charge is 0.439 e. The van der Waals surface area contributed by atoms with Gasteiger partial charge in [0.15, 0.2) is 11.5 Å². The molecule has 4 heteroatoms. The van der Waals surface area contributed by atoms with Crippen LogP contribution in [0.4, 0.5) is 0 Å². The van der Waals surface area contributed by atoms with E-state index in [-0.39, 0.29) is 0 Å². The second kappa shape index (κ2) is 3.47. The predicted molar refractivity (Wildman–Crippen MR) is 54.5 cm³/mol. The van der Waals surface area contributed by atoms with Gasteiger partial charge in [-0.15, -0.1) is 0 Å². The average molecular weight is 241 g/mol. The third-order valence-electron chi connectivity index (χ3n) is 1.77. The predicted octanol–water partition coefficient (Wildman–Crippen LogP) is 2.09. The van der Waals surface area contributed by atoms with Crippen molar-refractivity contribution in [3.63, 3.8) is 0 Å². The van der Waals surface area contributed by atoms with Gasteiger partial charge < -0.3 is 10.2 Å². The highest BCUT2D eigenvalue weighted by molar-refractivity contribution is 9.10. The van der Waals surface area contributed by atoms with Gasteiger partial charge in [-0.3, -0.25) is 0 Å². The minimum atomic E-state index is 0.560. The van der Waals surface area contributed by atoms with Gasteiger partial charge >= 0.3 is 0 Å². The van der Waals surface area contributed by atoms with Gasteiger partial charge in [-0.25, -0.2) is 4.98 Å². The number of hydrogen-bond donors (Lipinski definition) is 1. The first kappa shape index (κ1) is 8.72. The fourth-order valence-corrected chi connectivity index (χ4v) is 1.63. The summed E-state index contributed by atoms with van der Waals surface area (Å²) in [5.74, 6) is 0.699. The molecule has 0 aliphatic carbocycles. The molecule has 68 valence electrons. The van der Waals surface area contributed by atoms with Crippen LogP contribution in [-0.4, -0.2) is 11.5 Å². The molecule has 2 rings (SSSR count). The molecule has 0 aliphatic rings. The van der Waals surface area contributed by atoms with Crippen LogP contribution in [0.5, 0.6) is 0 Å². The number of nitrogens with zero attached hydrogens (tertiary/aromatic N) is 1. The number of nitrogens with two attached hydrogens (primary N) is 1. The van der Waals surface area contributed by atoms with E-state index in [1.165, 1.54) is 0 Å². The Morgan fingerprint density at radius 3 is 3.00 bits per heavy atom. The number of para-hydroxylation sites is 1. The Morgan fingerprint density at radius 1 is 1.46 bits per heavy atom. The van der Waals surface area contributed by atoms with Crippen LogP contribution < -0.4 is 5.73 Å². The number of benzene rings is 1. The maximum absolute atomic E-state index is 5.50. The zero-order valence-corrected chi connectivity index (χ0v) is 8.54. The lowest BCUT2D eigenvalue weighted by molar-refractivity contribution is 0.530. The van der Waals surface area contributed by atoms with Crippen molar-refractivity contribution in [1.29, 1.82) is 0 Å². The first-order valence-corrected chi connectivity index (χ1v) is 4.84. The number of oxazole rings is 1. The smallest absolute Gasteiger partial charge is 0.196 e. The van der Waals surface area contributed by atoms with Gasteiger partial charge in [0, 0.05) is 13.0 Å². The van der Waals surface area contributed by atoms with Crippen molar-refractivity contribution in [2.24, 2.45) is 5.73 Å². The highest BCUT2D eigenvalue weighted by atomic mass is 79.9. The zero-order chi connectivity index (χ0) is 9.26. The molecule has 1 heterocycles. The molecule has 0 bridgehead atoms. The number of aromatic nitrogens is 1. The second-order valence-corrected chi connectivity index (χ2v) is 3.59. The Morgan fingerprint density at radius 2 is 2.31 bits per heavy atom. The maximum atomic E-state index is 5.50. The number of hydrogen-bond acceptors (Lipinski definition) is 3. The fraction of sp³-hybridized carbons (Fsp3) is 0.222. The maximum Gasteiger partial charge on any atom is 0.196 e. The number of fused-ring (bicyclic) bond motifs is 1. The Balaban J connectivity index is 2.55. The SMILES string of the molecule is NCCc1nc2cccc(Br)c2o1. The van der Waals surface area contributed by atoms with Crippen LogP contribution >= 0.6 is 15.9 Å². The third-order valence-corrected chi connectivity index (χ3v) is 2.39. The van der Waals surface area contributed by atoms with E-state index < -0.39 is 0 Å².